The number of pyridine rings is 1. The molecule has 3 aromatic rings. The third-order valence-corrected chi connectivity index (χ3v) is 6.70. The minimum Gasteiger partial charge on any atom is -0.367 e. The van der Waals surface area contributed by atoms with Crippen molar-refractivity contribution in [2.45, 2.75) is 6.42 Å². The van der Waals surface area contributed by atoms with Crippen LogP contribution in [-0.2, 0) is 11.2 Å². The van der Waals surface area contributed by atoms with Gasteiger partial charge in [-0.3, -0.25) is 24.4 Å². The topological polar surface area (TPSA) is 68.8 Å². The summed E-state index contributed by atoms with van der Waals surface area (Å²) in [6.07, 6.45) is 4.69. The molecule has 0 bridgehead atoms. The van der Waals surface area contributed by atoms with Gasteiger partial charge in [-0.05, 0) is 42.3 Å². The standard InChI is InChI=1S/C28H29N5O2/c1-21-23-6-2-3-7-24(23)28(35)33(21)20-27(34)30-25-8-4-5-9-26(25)32-18-16-31(17-19-32)15-12-22-10-13-29-14-11-22/h2-11,13-14H,1,12,15-20H2,(H,30,34). The number of nitrogens with zero attached hydrogens (tertiary/aromatic N) is 4. The van der Waals surface area contributed by atoms with Gasteiger partial charge in [-0.2, -0.15) is 0 Å². The maximum absolute atomic E-state index is 12.9. The number of piperazine rings is 1. The van der Waals surface area contributed by atoms with Crippen LogP contribution in [0.2, 0.25) is 0 Å². The lowest BCUT2D eigenvalue weighted by Gasteiger charge is -2.37. The van der Waals surface area contributed by atoms with E-state index in [1.807, 2.05) is 54.9 Å². The molecule has 0 unspecified atom stereocenters. The average molecular weight is 468 g/mol. The third kappa shape index (κ3) is 4.95. The number of para-hydroxylation sites is 2. The van der Waals surface area contributed by atoms with Crippen LogP contribution in [0, 0.1) is 0 Å². The lowest BCUT2D eigenvalue weighted by atomic mass is 10.1. The summed E-state index contributed by atoms with van der Waals surface area (Å²) < 4.78 is 0. The number of aromatic nitrogens is 1. The lowest BCUT2D eigenvalue weighted by molar-refractivity contribution is -0.116. The van der Waals surface area contributed by atoms with Crippen molar-refractivity contribution in [2.24, 2.45) is 0 Å². The quantitative estimate of drug-likeness (QED) is 0.576. The molecule has 0 radical (unpaired) electrons. The zero-order chi connectivity index (χ0) is 24.2. The molecule has 0 saturated carbocycles. The van der Waals surface area contributed by atoms with Crippen LogP contribution in [0.4, 0.5) is 11.4 Å². The highest BCUT2D eigenvalue weighted by Crippen LogP contribution is 2.31. The number of benzene rings is 2. The first kappa shape index (κ1) is 22.8. The zero-order valence-electron chi connectivity index (χ0n) is 19.7. The fraction of sp³-hybridized carbons (Fsp3) is 0.250. The van der Waals surface area contributed by atoms with E-state index in [1.165, 1.54) is 10.5 Å². The number of nitrogens with one attached hydrogen (secondary N) is 1. The average Bonchev–Trinajstić information content (AvgIpc) is 3.14. The Bertz CT molecular complexity index is 1200. The molecule has 2 aromatic carbocycles. The van der Waals surface area contributed by atoms with Crippen LogP contribution in [0.3, 0.4) is 0 Å². The monoisotopic (exact) mass is 467 g/mol. The predicted octanol–water partition coefficient (Wildman–Crippen LogP) is 3.51. The van der Waals surface area contributed by atoms with Crippen molar-refractivity contribution in [1.82, 2.24) is 14.8 Å². The third-order valence-electron chi connectivity index (χ3n) is 6.70. The molecular formula is C28H29N5O2. The molecule has 1 aromatic heterocycles. The van der Waals surface area contributed by atoms with E-state index in [4.69, 9.17) is 0 Å². The summed E-state index contributed by atoms with van der Waals surface area (Å²) in [5.74, 6) is -0.423. The lowest BCUT2D eigenvalue weighted by Crippen LogP contribution is -2.47. The Morgan fingerprint density at radius 1 is 0.914 bits per heavy atom. The first-order valence-electron chi connectivity index (χ1n) is 12.0. The van der Waals surface area contributed by atoms with Crippen molar-refractivity contribution in [3.05, 3.63) is 96.3 Å². The number of fused-ring (bicyclic) bond motifs is 1. The summed E-state index contributed by atoms with van der Waals surface area (Å²) in [6, 6.07) is 19.3. The molecule has 2 amide bonds. The molecule has 3 heterocycles. The van der Waals surface area contributed by atoms with E-state index >= 15 is 0 Å². The van der Waals surface area contributed by atoms with E-state index in [-0.39, 0.29) is 18.4 Å². The highest BCUT2D eigenvalue weighted by molar-refractivity contribution is 6.11. The van der Waals surface area contributed by atoms with Crippen molar-refractivity contribution in [1.29, 1.82) is 0 Å². The van der Waals surface area contributed by atoms with E-state index < -0.39 is 0 Å². The van der Waals surface area contributed by atoms with Gasteiger partial charge >= 0.3 is 0 Å². The van der Waals surface area contributed by atoms with Gasteiger partial charge in [0.05, 0.1) is 11.4 Å². The van der Waals surface area contributed by atoms with Crippen molar-refractivity contribution >= 4 is 28.9 Å². The second-order valence-electron chi connectivity index (χ2n) is 8.88. The van der Waals surface area contributed by atoms with Gasteiger partial charge in [0.1, 0.15) is 6.54 Å². The fourth-order valence-corrected chi connectivity index (χ4v) is 4.74. The molecule has 7 heteroatoms. The number of rotatable bonds is 7. The summed E-state index contributed by atoms with van der Waals surface area (Å²) in [5, 5.41) is 3.03. The van der Waals surface area contributed by atoms with Crippen LogP contribution in [0.15, 0.2) is 79.6 Å². The van der Waals surface area contributed by atoms with Crippen molar-refractivity contribution in [3.63, 3.8) is 0 Å². The smallest absolute Gasteiger partial charge is 0.259 e. The summed E-state index contributed by atoms with van der Waals surface area (Å²) in [5.41, 5.74) is 5.01. The SMILES string of the molecule is C=C1c2ccccc2C(=O)N1CC(=O)Nc1ccccc1N1CCN(CCc2ccncc2)CC1. The Kier molecular flexibility index (Phi) is 6.59. The molecule has 0 atom stereocenters. The molecule has 1 N–H and O–H groups in total. The second-order valence-corrected chi connectivity index (χ2v) is 8.88. The second kappa shape index (κ2) is 10.1. The normalized spacial score (nSPS) is 15.9. The Balaban J connectivity index is 1.18. The van der Waals surface area contributed by atoms with Crippen molar-refractivity contribution in [2.75, 3.05) is 49.5 Å². The van der Waals surface area contributed by atoms with Crippen LogP contribution in [0.1, 0.15) is 21.5 Å². The van der Waals surface area contributed by atoms with Crippen molar-refractivity contribution < 1.29 is 9.59 Å². The maximum atomic E-state index is 12.9. The number of carbonyl (C=O) groups is 2. The Morgan fingerprint density at radius 2 is 1.60 bits per heavy atom. The molecular weight excluding hydrogens is 438 g/mol. The highest BCUT2D eigenvalue weighted by Gasteiger charge is 2.32. The van der Waals surface area contributed by atoms with Gasteiger partial charge < -0.3 is 10.2 Å². The van der Waals surface area contributed by atoms with E-state index in [0.29, 0.717) is 11.3 Å². The van der Waals surface area contributed by atoms with Crippen LogP contribution < -0.4 is 10.2 Å². The van der Waals surface area contributed by atoms with Gasteiger partial charge in [0.2, 0.25) is 5.91 Å². The first-order valence-corrected chi connectivity index (χ1v) is 12.0. The zero-order valence-corrected chi connectivity index (χ0v) is 19.7. The fourth-order valence-electron chi connectivity index (χ4n) is 4.74. The molecule has 7 nitrogen and oxygen atoms in total. The molecule has 2 aliphatic heterocycles. The number of carbonyl (C=O) groups excluding carboxylic acids is 2. The predicted molar refractivity (Wildman–Crippen MR) is 138 cm³/mol. The highest BCUT2D eigenvalue weighted by atomic mass is 16.2. The summed E-state index contributed by atoms with van der Waals surface area (Å²) >= 11 is 0. The van der Waals surface area contributed by atoms with Gasteiger partial charge in [-0.15, -0.1) is 0 Å². The summed E-state index contributed by atoms with van der Waals surface area (Å²) in [7, 11) is 0. The number of anilines is 2. The van der Waals surface area contributed by atoms with Gasteiger partial charge in [0, 0.05) is 61.9 Å². The summed E-state index contributed by atoms with van der Waals surface area (Å²) in [6.45, 7) is 8.69. The van der Waals surface area contributed by atoms with E-state index in [9.17, 15) is 9.59 Å². The van der Waals surface area contributed by atoms with E-state index in [0.717, 1.165) is 56.1 Å². The molecule has 178 valence electrons. The largest absolute Gasteiger partial charge is 0.367 e. The van der Waals surface area contributed by atoms with E-state index in [1.54, 1.807) is 6.07 Å². The van der Waals surface area contributed by atoms with Crippen LogP contribution in [0.5, 0.6) is 0 Å². The van der Waals surface area contributed by atoms with Gasteiger partial charge in [0.15, 0.2) is 0 Å². The van der Waals surface area contributed by atoms with Gasteiger partial charge in [-0.1, -0.05) is 36.9 Å². The Hall–Kier alpha value is -3.97. The molecule has 5 rings (SSSR count). The number of amides is 2. The maximum Gasteiger partial charge on any atom is 0.259 e. The first-order chi connectivity index (χ1) is 17.1. The summed E-state index contributed by atoms with van der Waals surface area (Å²) in [4.78, 5) is 36.0. The molecule has 1 fully saturated rings. The molecule has 35 heavy (non-hydrogen) atoms. The van der Waals surface area contributed by atoms with Gasteiger partial charge in [0.25, 0.3) is 5.91 Å². The van der Waals surface area contributed by atoms with Crippen LogP contribution >= 0.6 is 0 Å². The molecule has 0 spiro atoms. The van der Waals surface area contributed by atoms with Crippen LogP contribution in [0.25, 0.3) is 5.70 Å². The molecule has 1 saturated heterocycles. The number of hydrogen-bond acceptors (Lipinski definition) is 5. The number of hydrogen-bond donors (Lipinski definition) is 1. The molecule has 0 aliphatic carbocycles. The van der Waals surface area contributed by atoms with Gasteiger partial charge in [-0.25, -0.2) is 0 Å². The Morgan fingerprint density at radius 3 is 2.34 bits per heavy atom. The minimum absolute atomic E-state index is 0.0660. The minimum atomic E-state index is -0.240. The molecule has 2 aliphatic rings. The van der Waals surface area contributed by atoms with E-state index in [2.05, 4.69) is 38.8 Å². The Labute approximate surface area is 205 Å². The van der Waals surface area contributed by atoms with Crippen LogP contribution in [-0.4, -0.2) is 65.9 Å². The van der Waals surface area contributed by atoms with Crippen molar-refractivity contribution in [3.8, 4) is 0 Å².